The van der Waals surface area contributed by atoms with Crippen LogP contribution in [0.4, 0.5) is 5.82 Å². The summed E-state index contributed by atoms with van der Waals surface area (Å²) in [5.74, 6) is 1.30. The molecule has 3 aliphatic rings. The van der Waals surface area contributed by atoms with Crippen molar-refractivity contribution in [2.45, 2.75) is 76.5 Å². The number of ether oxygens (including phenoxy) is 1. The molecule has 4 heterocycles. The van der Waals surface area contributed by atoms with E-state index in [2.05, 4.69) is 46.7 Å². The Morgan fingerprint density at radius 3 is 2.87 bits per heavy atom. The van der Waals surface area contributed by atoms with E-state index in [1.807, 2.05) is 6.20 Å². The number of aryl methyl sites for hydroxylation is 1. The molecule has 2 fully saturated rings. The minimum absolute atomic E-state index is 0.0224. The number of fused-ring (bicyclic) bond motifs is 2. The Kier molecular flexibility index (Phi) is 7.26. The number of likely N-dealkylation sites (N-methyl/N-ethyl adjacent to an activating group) is 1. The summed E-state index contributed by atoms with van der Waals surface area (Å²) < 4.78 is 8.16. The Bertz CT molecular complexity index is 1360. The zero-order chi connectivity index (χ0) is 26.2. The second-order valence-electron chi connectivity index (χ2n) is 11.1. The largest absolute Gasteiger partial charge is 0.356 e. The van der Waals surface area contributed by atoms with Crippen LogP contribution < -0.4 is 4.90 Å². The van der Waals surface area contributed by atoms with Crippen molar-refractivity contribution in [2.24, 2.45) is 0 Å². The molecule has 0 amide bonds. The molecule has 3 aromatic rings. The van der Waals surface area contributed by atoms with E-state index >= 15 is 0 Å². The van der Waals surface area contributed by atoms with Gasteiger partial charge in [0.25, 0.3) is 0 Å². The lowest BCUT2D eigenvalue weighted by Gasteiger charge is -2.40. The average Bonchev–Trinajstić information content (AvgIpc) is 3.23. The van der Waals surface area contributed by atoms with Crippen molar-refractivity contribution in [1.82, 2.24) is 24.6 Å². The highest BCUT2D eigenvalue weighted by Gasteiger charge is 2.31. The summed E-state index contributed by atoms with van der Waals surface area (Å²) in [5, 5.41) is 15.7. The van der Waals surface area contributed by atoms with Crippen molar-refractivity contribution >= 4 is 28.3 Å². The first kappa shape index (κ1) is 25.5. The van der Waals surface area contributed by atoms with E-state index in [1.165, 1.54) is 28.5 Å². The van der Waals surface area contributed by atoms with Crippen molar-refractivity contribution in [3.63, 3.8) is 0 Å². The van der Waals surface area contributed by atoms with Gasteiger partial charge in [0.15, 0.2) is 6.23 Å². The Morgan fingerprint density at radius 1 is 1.16 bits per heavy atom. The zero-order valence-corrected chi connectivity index (χ0v) is 23.1. The Hall–Kier alpha value is -2.73. The van der Waals surface area contributed by atoms with Gasteiger partial charge >= 0.3 is 0 Å². The highest BCUT2D eigenvalue weighted by Crippen LogP contribution is 2.40. The molecule has 3 atom stereocenters. The third-order valence-corrected chi connectivity index (χ3v) is 8.91. The molecule has 2 aliphatic heterocycles. The van der Waals surface area contributed by atoms with Crippen LogP contribution in [0.5, 0.6) is 0 Å². The van der Waals surface area contributed by atoms with Gasteiger partial charge in [0.2, 0.25) is 5.28 Å². The fraction of sp³-hybridized carbons (Fsp3) is 0.586. The van der Waals surface area contributed by atoms with E-state index in [9.17, 15) is 5.26 Å². The normalized spacial score (nSPS) is 24.7. The van der Waals surface area contributed by atoms with Crippen LogP contribution >= 0.6 is 11.6 Å². The van der Waals surface area contributed by atoms with Crippen LogP contribution in [0.2, 0.25) is 5.28 Å². The number of anilines is 1. The molecular weight excluding hydrogens is 498 g/mol. The van der Waals surface area contributed by atoms with Crippen molar-refractivity contribution in [3.8, 4) is 6.07 Å². The van der Waals surface area contributed by atoms with Gasteiger partial charge in [0.05, 0.1) is 29.9 Å². The summed E-state index contributed by atoms with van der Waals surface area (Å²) in [6.45, 7) is 5.59. The lowest BCUT2D eigenvalue weighted by molar-refractivity contribution is -0.0366. The molecule has 0 spiro atoms. The minimum Gasteiger partial charge on any atom is -0.356 e. The number of nitrogens with zero attached hydrogens (tertiary/aromatic N) is 7. The predicted octanol–water partition coefficient (Wildman–Crippen LogP) is 5.18. The number of nitriles is 1. The van der Waals surface area contributed by atoms with Gasteiger partial charge in [-0.15, -0.1) is 0 Å². The first-order chi connectivity index (χ1) is 18.5. The molecule has 2 aromatic heterocycles. The van der Waals surface area contributed by atoms with Crippen molar-refractivity contribution in [3.05, 3.63) is 46.0 Å². The predicted molar refractivity (Wildman–Crippen MR) is 149 cm³/mol. The van der Waals surface area contributed by atoms with Crippen molar-refractivity contribution in [2.75, 3.05) is 38.2 Å². The molecule has 38 heavy (non-hydrogen) atoms. The molecule has 200 valence electrons. The van der Waals surface area contributed by atoms with Crippen LogP contribution in [0, 0.1) is 18.3 Å². The van der Waals surface area contributed by atoms with Crippen LogP contribution in [0.15, 0.2) is 18.3 Å². The maximum atomic E-state index is 9.32. The van der Waals surface area contributed by atoms with E-state index in [1.54, 1.807) is 0 Å². The van der Waals surface area contributed by atoms with Gasteiger partial charge < -0.3 is 9.64 Å². The second kappa shape index (κ2) is 10.8. The van der Waals surface area contributed by atoms with Gasteiger partial charge in [-0.3, -0.25) is 4.90 Å². The van der Waals surface area contributed by atoms with Crippen LogP contribution in [0.1, 0.15) is 73.1 Å². The van der Waals surface area contributed by atoms with Gasteiger partial charge in [0.1, 0.15) is 5.82 Å². The summed E-state index contributed by atoms with van der Waals surface area (Å²) in [4.78, 5) is 14.1. The molecule has 8 nitrogen and oxygen atoms in total. The van der Waals surface area contributed by atoms with Crippen LogP contribution in [-0.4, -0.2) is 64.0 Å². The summed E-state index contributed by atoms with van der Waals surface area (Å²) >= 11 is 6.55. The molecule has 1 aliphatic carbocycles. The third kappa shape index (κ3) is 4.76. The quantitative estimate of drug-likeness (QED) is 0.337. The summed E-state index contributed by atoms with van der Waals surface area (Å²) in [6, 6.07) is 6.98. The number of hydrogen-bond acceptors (Lipinski definition) is 7. The Morgan fingerprint density at radius 2 is 2.05 bits per heavy atom. The number of benzene rings is 1. The smallest absolute Gasteiger partial charge is 0.224 e. The fourth-order valence-corrected chi connectivity index (χ4v) is 6.87. The number of piperazine rings is 1. The fourth-order valence-electron chi connectivity index (χ4n) is 6.69. The van der Waals surface area contributed by atoms with Crippen LogP contribution in [0.3, 0.4) is 0 Å². The topological polar surface area (TPSA) is 83.1 Å². The lowest BCUT2D eigenvalue weighted by Crippen LogP contribution is -2.52. The van der Waals surface area contributed by atoms with E-state index in [-0.39, 0.29) is 12.3 Å². The van der Waals surface area contributed by atoms with Crippen molar-refractivity contribution < 1.29 is 4.74 Å². The van der Waals surface area contributed by atoms with Crippen LogP contribution in [-0.2, 0) is 17.6 Å². The minimum atomic E-state index is 0.0224. The second-order valence-corrected chi connectivity index (χ2v) is 11.5. The highest BCUT2D eigenvalue weighted by molar-refractivity contribution is 6.28. The van der Waals surface area contributed by atoms with Crippen molar-refractivity contribution in [1.29, 1.82) is 5.26 Å². The van der Waals surface area contributed by atoms with E-state index in [4.69, 9.17) is 31.4 Å². The summed E-state index contributed by atoms with van der Waals surface area (Å²) in [5.41, 5.74) is 6.13. The lowest BCUT2D eigenvalue weighted by atomic mass is 9.86. The van der Waals surface area contributed by atoms with Gasteiger partial charge in [-0.2, -0.15) is 10.4 Å². The molecule has 0 saturated carbocycles. The average molecular weight is 534 g/mol. The number of aromatic nitrogens is 4. The van der Waals surface area contributed by atoms with E-state index in [0.29, 0.717) is 17.6 Å². The monoisotopic (exact) mass is 533 g/mol. The van der Waals surface area contributed by atoms with E-state index in [0.717, 1.165) is 81.8 Å². The maximum absolute atomic E-state index is 9.32. The molecule has 2 saturated heterocycles. The highest BCUT2D eigenvalue weighted by atomic mass is 35.5. The molecule has 0 radical (unpaired) electrons. The molecular formula is C29H36ClN7O. The standard InChI is InChI=1S/C29H36ClN7O/c1-19-9-10-25-23(17-32-37(25)26-8-3-4-15-38-26)27(19)20-6-5-7-22-24(16-20)33-29(30)34-28(22)36-14-13-35(2)21(18-36)11-12-31/h9-10,17,20-21,26H,3-8,11,13-16,18H2,1-2H3/t20?,21-,26?/m0/s1. The maximum Gasteiger partial charge on any atom is 0.224 e. The SMILES string of the molecule is Cc1ccc2c(cnn2C2CCCCO2)c1C1CCCc2c(nc(Cl)nc2N2CCN(C)[C@@H](CC#N)C2)C1. The molecule has 0 N–H and O–H groups in total. The van der Waals surface area contributed by atoms with Gasteiger partial charge in [-0.1, -0.05) is 6.07 Å². The van der Waals surface area contributed by atoms with Gasteiger partial charge in [0, 0.05) is 43.2 Å². The number of halogens is 1. The van der Waals surface area contributed by atoms with Gasteiger partial charge in [-0.05, 0) is 93.6 Å². The third-order valence-electron chi connectivity index (χ3n) is 8.74. The number of rotatable bonds is 4. The van der Waals surface area contributed by atoms with E-state index < -0.39 is 0 Å². The molecule has 6 rings (SSSR count). The summed E-state index contributed by atoms with van der Waals surface area (Å²) in [7, 11) is 2.10. The molecule has 1 aromatic carbocycles. The Balaban J connectivity index is 1.34. The van der Waals surface area contributed by atoms with Gasteiger partial charge in [-0.25, -0.2) is 14.6 Å². The number of hydrogen-bond donors (Lipinski definition) is 0. The first-order valence-electron chi connectivity index (χ1n) is 14.0. The zero-order valence-electron chi connectivity index (χ0n) is 22.4. The molecule has 9 heteroatoms. The molecule has 0 bridgehead atoms. The Labute approximate surface area is 229 Å². The molecule has 2 unspecified atom stereocenters. The first-order valence-corrected chi connectivity index (χ1v) is 14.4. The van der Waals surface area contributed by atoms with Crippen LogP contribution in [0.25, 0.3) is 10.9 Å². The summed E-state index contributed by atoms with van der Waals surface area (Å²) in [6.07, 6.45) is 9.82.